The minimum atomic E-state index is -1.81. The average Bonchev–Trinajstić information content (AvgIpc) is 3.58. The van der Waals surface area contributed by atoms with Gasteiger partial charge < -0.3 is 51.4 Å². The molecule has 18 nitrogen and oxygen atoms in total. The van der Waals surface area contributed by atoms with Crippen molar-refractivity contribution in [1.82, 2.24) is 15.5 Å². The lowest BCUT2D eigenvalue weighted by Gasteiger charge is -2.50. The lowest BCUT2D eigenvalue weighted by atomic mass is 10.0. The number of aliphatic imine (C=N–C) groups is 1. The summed E-state index contributed by atoms with van der Waals surface area (Å²) in [5.74, 6) is -4.51. The van der Waals surface area contributed by atoms with E-state index < -0.39 is 52.5 Å². The van der Waals surface area contributed by atoms with Crippen LogP contribution in [0.15, 0.2) is 50.7 Å². The summed E-state index contributed by atoms with van der Waals surface area (Å²) in [5, 5.41) is 51.2. The SMILES string of the molecule is C=NC(=C\SCN)/C(=N/OC(C)(C)C(=O)O)C(=O)N[C@@H]1C(=O)N2C(C(=O)O)=C(C[N+]3(CCNC(=O)Nc4ccc(O)c(O)c4)CCCC3)CSC12.CC. The van der Waals surface area contributed by atoms with Gasteiger partial charge in [-0.2, -0.15) is 0 Å². The molecule has 2 fully saturated rings. The fraction of sp³-hybridized carbons (Fsp3) is 0.485. The Hall–Kier alpha value is -4.79. The zero-order valence-electron chi connectivity index (χ0n) is 30.0. The first kappa shape index (κ1) is 42.6. The highest BCUT2D eigenvalue weighted by Gasteiger charge is 2.55. The second-order valence-corrected chi connectivity index (χ2v) is 14.4. The number of aliphatic carboxylic acids is 2. The highest BCUT2D eigenvalue weighted by molar-refractivity contribution is 8.02. The summed E-state index contributed by atoms with van der Waals surface area (Å²) < 4.78 is 0.497. The highest BCUT2D eigenvalue weighted by atomic mass is 32.2. The van der Waals surface area contributed by atoms with E-state index in [1.807, 2.05) is 13.8 Å². The number of aromatic hydroxyl groups is 2. The van der Waals surface area contributed by atoms with E-state index in [4.69, 9.17) is 10.6 Å². The lowest BCUT2D eigenvalue weighted by molar-refractivity contribution is -0.911. The molecule has 290 valence electrons. The monoisotopic (exact) mass is 779 g/mol. The van der Waals surface area contributed by atoms with Crippen molar-refractivity contribution in [2.75, 3.05) is 49.7 Å². The standard InChI is InChI=1S/C31H40N8O10S2.C2H6/c1-31(2,29(46)47)49-37-22(19(33-3)15-50-16-32)25(42)36-23-26(43)38-24(28(44)45)17(14-51-27(23)38)13-39(9-4-5-10-39)11-8-34-30(48)35-18-6-7-20(40)21(41)12-18;1-2/h6-7,12,15,23,27H,3-5,8-11,13-14,16,32H2,1-2H3,(H6-,34,35,36,37,40,41,42,44,45,46,47,48);1-2H3/p+1/b19-15-;/t23-,27?;/m1./s1. The summed E-state index contributed by atoms with van der Waals surface area (Å²) in [6.07, 6.45) is 1.80. The van der Waals surface area contributed by atoms with Crippen molar-refractivity contribution in [3.05, 3.63) is 40.6 Å². The first-order chi connectivity index (χ1) is 25.1. The Morgan fingerprint density at radius 3 is 2.43 bits per heavy atom. The van der Waals surface area contributed by atoms with Crippen LogP contribution in [0, 0.1) is 0 Å². The van der Waals surface area contributed by atoms with E-state index in [0.717, 1.165) is 42.6 Å². The van der Waals surface area contributed by atoms with Crippen LogP contribution in [0.4, 0.5) is 10.5 Å². The van der Waals surface area contributed by atoms with Crippen LogP contribution in [0.2, 0.25) is 0 Å². The molecule has 0 aromatic heterocycles. The van der Waals surface area contributed by atoms with Gasteiger partial charge >= 0.3 is 18.0 Å². The number of hydrogen-bond acceptors (Lipinski definition) is 13. The van der Waals surface area contributed by atoms with Crippen LogP contribution in [0.5, 0.6) is 11.5 Å². The number of nitrogens with zero attached hydrogens (tertiary/aromatic N) is 4. The molecule has 1 aromatic rings. The minimum absolute atomic E-state index is 0.0799. The number of carbonyl (C=O) groups excluding carboxylic acids is 3. The number of oxime groups is 1. The van der Waals surface area contributed by atoms with Gasteiger partial charge in [0.25, 0.3) is 11.8 Å². The van der Waals surface area contributed by atoms with Crippen LogP contribution >= 0.6 is 23.5 Å². The highest BCUT2D eigenvalue weighted by Crippen LogP contribution is 2.41. The molecular weight excluding hydrogens is 733 g/mol. The predicted octanol–water partition coefficient (Wildman–Crippen LogP) is 2.02. The molecule has 1 aromatic carbocycles. The Kier molecular flexibility index (Phi) is 15.1. The second kappa shape index (κ2) is 18.8. The van der Waals surface area contributed by atoms with Gasteiger partial charge in [-0.3, -0.25) is 19.5 Å². The average molecular weight is 780 g/mol. The number of phenols is 2. The number of rotatable bonds is 16. The first-order valence-corrected chi connectivity index (χ1v) is 18.8. The molecule has 0 saturated carbocycles. The Morgan fingerprint density at radius 2 is 1.85 bits per heavy atom. The molecule has 53 heavy (non-hydrogen) atoms. The van der Waals surface area contributed by atoms with Gasteiger partial charge in [-0.05, 0) is 32.7 Å². The maximum absolute atomic E-state index is 13.5. The van der Waals surface area contributed by atoms with Gasteiger partial charge in [0, 0.05) is 47.2 Å². The first-order valence-electron chi connectivity index (χ1n) is 16.7. The topological polar surface area (TPSA) is 266 Å². The maximum Gasteiger partial charge on any atom is 0.352 e. The van der Waals surface area contributed by atoms with Crippen LogP contribution in [0.1, 0.15) is 40.5 Å². The molecule has 3 heterocycles. The quantitative estimate of drug-likeness (QED) is 0.0227. The number of nitrogens with two attached hydrogens (primary N) is 1. The largest absolute Gasteiger partial charge is 0.504 e. The van der Waals surface area contributed by atoms with E-state index in [0.29, 0.717) is 23.1 Å². The number of likely N-dealkylation sites (tertiary alicyclic amines) is 1. The lowest BCUT2D eigenvalue weighted by Crippen LogP contribution is -2.71. The summed E-state index contributed by atoms with van der Waals surface area (Å²) in [5.41, 5.74) is 3.89. The molecule has 3 aliphatic rings. The van der Waals surface area contributed by atoms with Gasteiger partial charge in [0.2, 0.25) is 5.60 Å². The Bertz CT molecular complexity index is 1680. The smallest absolute Gasteiger partial charge is 0.352 e. The maximum atomic E-state index is 13.5. The molecule has 0 bridgehead atoms. The van der Waals surface area contributed by atoms with Crippen LogP contribution in [0.3, 0.4) is 0 Å². The van der Waals surface area contributed by atoms with Gasteiger partial charge in [0.15, 0.2) is 17.2 Å². The number of hydrogen-bond donors (Lipinski definition) is 8. The number of amides is 4. The van der Waals surface area contributed by atoms with Gasteiger partial charge in [0.05, 0.1) is 26.2 Å². The fourth-order valence-corrected chi connectivity index (χ4v) is 7.54. The molecule has 0 radical (unpaired) electrons. The number of carbonyl (C=O) groups is 5. The predicted molar refractivity (Wildman–Crippen MR) is 201 cm³/mol. The zero-order chi connectivity index (χ0) is 39.5. The van der Waals surface area contributed by atoms with Crippen molar-refractivity contribution in [1.29, 1.82) is 0 Å². The van der Waals surface area contributed by atoms with Crippen molar-refractivity contribution in [2.45, 2.75) is 57.6 Å². The van der Waals surface area contributed by atoms with E-state index in [1.165, 1.54) is 49.2 Å². The van der Waals surface area contributed by atoms with E-state index in [2.05, 4.69) is 32.8 Å². The van der Waals surface area contributed by atoms with E-state index in [1.54, 1.807) is 0 Å². The molecule has 0 aliphatic carbocycles. The number of quaternary nitrogens is 1. The van der Waals surface area contributed by atoms with Crippen molar-refractivity contribution in [3.8, 4) is 11.5 Å². The summed E-state index contributed by atoms with van der Waals surface area (Å²) in [6, 6.07) is 2.25. The molecule has 9 N–H and O–H groups in total. The molecular formula is C33H47N8O10S2+. The Morgan fingerprint density at radius 1 is 1.17 bits per heavy atom. The fourth-order valence-electron chi connectivity index (χ4n) is 5.77. The summed E-state index contributed by atoms with van der Waals surface area (Å²) >= 11 is 2.36. The number of anilines is 1. The number of urea groups is 1. The molecule has 4 amide bonds. The number of benzene rings is 1. The van der Waals surface area contributed by atoms with Crippen LogP contribution < -0.4 is 21.7 Å². The van der Waals surface area contributed by atoms with Crippen molar-refractivity contribution < 1.29 is 53.7 Å². The number of nitrogens with one attached hydrogen (secondary N) is 3. The van der Waals surface area contributed by atoms with E-state index in [-0.39, 0.29) is 46.8 Å². The number of carboxylic acids is 2. The zero-order valence-corrected chi connectivity index (χ0v) is 31.6. The third-order valence-corrected chi connectivity index (χ3v) is 10.4. The summed E-state index contributed by atoms with van der Waals surface area (Å²) in [4.78, 5) is 73.7. The van der Waals surface area contributed by atoms with Gasteiger partial charge in [0.1, 0.15) is 29.4 Å². The van der Waals surface area contributed by atoms with Crippen molar-refractivity contribution in [3.63, 3.8) is 0 Å². The number of carboxylic acid groups (broad SMARTS) is 2. The molecule has 4 rings (SSSR count). The normalized spacial score (nSPS) is 19.6. The van der Waals surface area contributed by atoms with Gasteiger partial charge in [-0.15, -0.1) is 23.5 Å². The van der Waals surface area contributed by atoms with Gasteiger partial charge in [-0.1, -0.05) is 19.0 Å². The molecule has 1 unspecified atom stereocenters. The minimum Gasteiger partial charge on any atom is -0.504 e. The number of phenolic OH excluding ortho intramolecular Hbond substituents is 2. The molecule has 20 heteroatoms. The summed E-state index contributed by atoms with van der Waals surface area (Å²) in [7, 11) is 0. The molecule has 3 aliphatic heterocycles. The molecule has 2 atom stereocenters. The van der Waals surface area contributed by atoms with Crippen molar-refractivity contribution >= 4 is 71.4 Å². The number of β-lactam (4-membered cyclic amide) rings is 1. The second-order valence-electron chi connectivity index (χ2n) is 12.4. The van der Waals surface area contributed by atoms with E-state index >= 15 is 0 Å². The molecule has 0 spiro atoms. The van der Waals surface area contributed by atoms with Crippen LogP contribution in [-0.2, 0) is 24.0 Å². The number of thioether (sulfide) groups is 2. The Labute approximate surface area is 315 Å². The van der Waals surface area contributed by atoms with Crippen LogP contribution in [0.25, 0.3) is 0 Å². The third-order valence-electron chi connectivity index (χ3n) is 8.48. The summed E-state index contributed by atoms with van der Waals surface area (Å²) in [6.45, 7) is 12.5. The van der Waals surface area contributed by atoms with E-state index in [9.17, 15) is 44.4 Å². The molecule has 2 saturated heterocycles. The Balaban J connectivity index is 0.00000372. The van der Waals surface area contributed by atoms with Crippen molar-refractivity contribution in [2.24, 2.45) is 15.9 Å². The third kappa shape index (κ3) is 10.4. The van der Waals surface area contributed by atoms with Crippen LogP contribution in [-0.4, -0.2) is 133 Å². The number of fused-ring (bicyclic) bond motifs is 1. The van der Waals surface area contributed by atoms with Gasteiger partial charge in [-0.25, -0.2) is 14.4 Å².